The number of anilines is 1. The SMILES string of the molecule is Cc1nc(C(=O)Oc2cccc(NC(=O)c3ccccc3)c2)nn1-c1ccc(Cl)cc1. The van der Waals surface area contributed by atoms with Gasteiger partial charge in [-0.05, 0) is 55.5 Å². The standard InChI is InChI=1S/C23H17ClN4O3/c1-15-25-21(27-28(15)19-12-10-17(24)11-13-19)23(30)31-20-9-5-8-18(14-20)26-22(29)16-6-3-2-4-7-16/h2-14H,1H3,(H,26,29). The van der Waals surface area contributed by atoms with Gasteiger partial charge in [0, 0.05) is 22.3 Å². The van der Waals surface area contributed by atoms with E-state index in [1.165, 1.54) is 4.68 Å². The van der Waals surface area contributed by atoms with E-state index in [1.54, 1.807) is 79.7 Å². The van der Waals surface area contributed by atoms with Gasteiger partial charge in [-0.15, -0.1) is 5.10 Å². The number of halogens is 1. The molecule has 154 valence electrons. The Labute approximate surface area is 183 Å². The van der Waals surface area contributed by atoms with Crippen molar-refractivity contribution in [1.82, 2.24) is 14.8 Å². The number of carbonyl (C=O) groups is 2. The Balaban J connectivity index is 1.48. The molecule has 0 bridgehead atoms. The van der Waals surface area contributed by atoms with Crippen molar-refractivity contribution in [2.45, 2.75) is 6.92 Å². The minimum Gasteiger partial charge on any atom is -0.421 e. The van der Waals surface area contributed by atoms with Crippen molar-refractivity contribution in [3.8, 4) is 11.4 Å². The summed E-state index contributed by atoms with van der Waals surface area (Å²) in [6.45, 7) is 1.73. The topological polar surface area (TPSA) is 86.1 Å². The summed E-state index contributed by atoms with van der Waals surface area (Å²) in [5, 5.41) is 7.61. The fraction of sp³-hybridized carbons (Fsp3) is 0.0435. The molecule has 7 nitrogen and oxygen atoms in total. The van der Waals surface area contributed by atoms with Crippen LogP contribution in [0.1, 0.15) is 26.8 Å². The summed E-state index contributed by atoms with van der Waals surface area (Å²) in [6.07, 6.45) is 0. The van der Waals surface area contributed by atoms with Crippen LogP contribution >= 0.6 is 11.6 Å². The Morgan fingerprint density at radius 3 is 2.45 bits per heavy atom. The summed E-state index contributed by atoms with van der Waals surface area (Å²) in [4.78, 5) is 29.1. The van der Waals surface area contributed by atoms with Crippen LogP contribution in [0.2, 0.25) is 5.02 Å². The van der Waals surface area contributed by atoms with Crippen molar-refractivity contribution in [2.75, 3.05) is 5.32 Å². The van der Waals surface area contributed by atoms with Crippen LogP contribution in [-0.2, 0) is 0 Å². The van der Waals surface area contributed by atoms with Gasteiger partial charge in [0.25, 0.3) is 11.7 Å². The van der Waals surface area contributed by atoms with Crippen molar-refractivity contribution < 1.29 is 14.3 Å². The average molecular weight is 433 g/mol. The molecule has 8 heteroatoms. The molecule has 0 fully saturated rings. The van der Waals surface area contributed by atoms with Gasteiger partial charge in [-0.2, -0.15) is 0 Å². The number of nitrogens with zero attached hydrogens (tertiary/aromatic N) is 3. The molecule has 0 unspecified atom stereocenters. The lowest BCUT2D eigenvalue weighted by atomic mass is 10.2. The van der Waals surface area contributed by atoms with Gasteiger partial charge in [0.1, 0.15) is 11.6 Å². The molecule has 0 aliphatic heterocycles. The fourth-order valence-corrected chi connectivity index (χ4v) is 3.01. The van der Waals surface area contributed by atoms with E-state index >= 15 is 0 Å². The van der Waals surface area contributed by atoms with Crippen molar-refractivity contribution in [3.05, 3.63) is 101 Å². The van der Waals surface area contributed by atoms with E-state index in [2.05, 4.69) is 15.4 Å². The quantitative estimate of drug-likeness (QED) is 0.365. The summed E-state index contributed by atoms with van der Waals surface area (Å²) in [6, 6.07) is 22.4. The highest BCUT2D eigenvalue weighted by Crippen LogP contribution is 2.20. The zero-order valence-corrected chi connectivity index (χ0v) is 17.2. The van der Waals surface area contributed by atoms with Crippen molar-refractivity contribution in [1.29, 1.82) is 0 Å². The molecule has 1 amide bonds. The first-order valence-electron chi connectivity index (χ1n) is 9.38. The molecule has 1 heterocycles. The lowest BCUT2D eigenvalue weighted by molar-refractivity contribution is 0.0722. The Kier molecular flexibility index (Phi) is 5.77. The van der Waals surface area contributed by atoms with Crippen molar-refractivity contribution >= 4 is 29.2 Å². The van der Waals surface area contributed by atoms with Gasteiger partial charge >= 0.3 is 5.97 Å². The number of aryl methyl sites for hydroxylation is 1. The molecule has 4 aromatic rings. The van der Waals surface area contributed by atoms with Crippen LogP contribution in [-0.4, -0.2) is 26.6 Å². The molecule has 0 radical (unpaired) electrons. The molecule has 0 aliphatic carbocycles. The third-order valence-electron chi connectivity index (χ3n) is 4.36. The number of hydrogen-bond donors (Lipinski definition) is 1. The Morgan fingerprint density at radius 1 is 0.968 bits per heavy atom. The highest BCUT2D eigenvalue weighted by molar-refractivity contribution is 6.30. The third kappa shape index (κ3) is 4.79. The smallest absolute Gasteiger partial charge is 0.383 e. The maximum atomic E-state index is 12.6. The molecule has 0 aliphatic rings. The number of rotatable bonds is 5. The van der Waals surface area contributed by atoms with Crippen molar-refractivity contribution in [2.24, 2.45) is 0 Å². The second-order valence-corrected chi connectivity index (χ2v) is 7.04. The number of benzene rings is 3. The summed E-state index contributed by atoms with van der Waals surface area (Å²) >= 11 is 5.92. The second kappa shape index (κ2) is 8.81. The van der Waals surface area contributed by atoms with Gasteiger partial charge in [-0.25, -0.2) is 14.5 Å². The van der Waals surface area contributed by atoms with E-state index in [-0.39, 0.29) is 17.5 Å². The van der Waals surface area contributed by atoms with Crippen LogP contribution in [0.4, 0.5) is 5.69 Å². The van der Waals surface area contributed by atoms with Gasteiger partial charge in [0.15, 0.2) is 0 Å². The number of esters is 1. The van der Waals surface area contributed by atoms with E-state index in [4.69, 9.17) is 16.3 Å². The molecule has 4 rings (SSSR count). The molecule has 0 spiro atoms. The molecule has 31 heavy (non-hydrogen) atoms. The van der Waals surface area contributed by atoms with E-state index < -0.39 is 5.97 Å². The van der Waals surface area contributed by atoms with E-state index in [1.807, 2.05) is 6.07 Å². The predicted octanol–water partition coefficient (Wildman–Crippen LogP) is 4.70. The summed E-state index contributed by atoms with van der Waals surface area (Å²) < 4.78 is 6.93. The third-order valence-corrected chi connectivity index (χ3v) is 4.61. The van der Waals surface area contributed by atoms with Crippen LogP contribution in [0, 0.1) is 6.92 Å². The van der Waals surface area contributed by atoms with Crippen LogP contribution in [0.3, 0.4) is 0 Å². The summed E-state index contributed by atoms with van der Waals surface area (Å²) in [5.41, 5.74) is 1.74. The molecule has 0 saturated heterocycles. The van der Waals surface area contributed by atoms with E-state index in [0.717, 1.165) is 5.69 Å². The van der Waals surface area contributed by atoms with E-state index in [9.17, 15) is 9.59 Å². The Morgan fingerprint density at radius 2 is 1.71 bits per heavy atom. The normalized spacial score (nSPS) is 10.5. The second-order valence-electron chi connectivity index (χ2n) is 6.61. The minimum absolute atomic E-state index is 0.0776. The van der Waals surface area contributed by atoms with Crippen LogP contribution in [0.15, 0.2) is 78.9 Å². The number of nitrogens with one attached hydrogen (secondary N) is 1. The monoisotopic (exact) mass is 432 g/mol. The average Bonchev–Trinajstić information content (AvgIpc) is 3.17. The highest BCUT2D eigenvalue weighted by Gasteiger charge is 2.18. The first-order chi connectivity index (χ1) is 15.0. The van der Waals surface area contributed by atoms with Crippen LogP contribution in [0.5, 0.6) is 5.75 Å². The Bertz CT molecular complexity index is 1240. The summed E-state index contributed by atoms with van der Waals surface area (Å²) in [7, 11) is 0. The van der Waals surface area contributed by atoms with Gasteiger partial charge in [0.05, 0.1) is 5.69 Å². The maximum absolute atomic E-state index is 12.6. The number of amides is 1. The zero-order chi connectivity index (χ0) is 21.8. The fourth-order valence-electron chi connectivity index (χ4n) is 2.89. The first-order valence-corrected chi connectivity index (χ1v) is 9.75. The number of carbonyl (C=O) groups excluding carboxylic acids is 2. The Hall–Kier alpha value is -3.97. The lowest BCUT2D eigenvalue weighted by Gasteiger charge is -2.07. The minimum atomic E-state index is -0.706. The molecule has 3 aromatic carbocycles. The zero-order valence-electron chi connectivity index (χ0n) is 16.4. The summed E-state index contributed by atoms with van der Waals surface area (Å²) in [5.74, 6) is -0.258. The van der Waals surface area contributed by atoms with Gasteiger partial charge in [0.2, 0.25) is 0 Å². The number of ether oxygens (including phenoxy) is 1. The first kappa shape index (κ1) is 20.3. The molecule has 0 saturated carbocycles. The molecule has 1 aromatic heterocycles. The van der Waals surface area contributed by atoms with Gasteiger partial charge in [-0.3, -0.25) is 4.79 Å². The number of aromatic nitrogens is 3. The lowest BCUT2D eigenvalue weighted by Crippen LogP contribution is -2.13. The predicted molar refractivity (Wildman–Crippen MR) is 117 cm³/mol. The molecular formula is C23H17ClN4O3. The molecular weight excluding hydrogens is 416 g/mol. The van der Waals surface area contributed by atoms with Gasteiger partial charge < -0.3 is 10.1 Å². The van der Waals surface area contributed by atoms with Crippen molar-refractivity contribution in [3.63, 3.8) is 0 Å². The van der Waals surface area contributed by atoms with E-state index in [0.29, 0.717) is 22.1 Å². The van der Waals surface area contributed by atoms with Crippen LogP contribution in [0.25, 0.3) is 5.69 Å². The maximum Gasteiger partial charge on any atom is 0.383 e. The molecule has 0 atom stereocenters. The number of hydrogen-bond acceptors (Lipinski definition) is 5. The molecule has 1 N–H and O–H groups in total. The largest absolute Gasteiger partial charge is 0.421 e. The highest BCUT2D eigenvalue weighted by atomic mass is 35.5. The van der Waals surface area contributed by atoms with Gasteiger partial charge in [-0.1, -0.05) is 35.9 Å². The van der Waals surface area contributed by atoms with Crippen LogP contribution < -0.4 is 10.1 Å².